The van der Waals surface area contributed by atoms with E-state index in [1.165, 1.54) is 16.8 Å². The molecule has 1 aliphatic rings. The number of anilines is 1. The van der Waals surface area contributed by atoms with Crippen molar-refractivity contribution in [3.8, 4) is 17.6 Å². The van der Waals surface area contributed by atoms with Crippen LogP contribution in [0.4, 0.5) is 5.82 Å². The van der Waals surface area contributed by atoms with Crippen LogP contribution in [0.5, 0.6) is 11.5 Å². The fraction of sp³-hybridized carbons (Fsp3) is 0.388. The Labute approximate surface area is 382 Å². The highest BCUT2D eigenvalue weighted by Crippen LogP contribution is 2.51. The first kappa shape index (κ1) is 48.9. The highest BCUT2D eigenvalue weighted by Gasteiger charge is 2.51. The monoisotopic (exact) mass is 907 g/mol. The van der Waals surface area contributed by atoms with Gasteiger partial charge in [0.15, 0.2) is 6.23 Å². The van der Waals surface area contributed by atoms with Gasteiger partial charge < -0.3 is 42.8 Å². The standard InChI is InChI=1S/C49H58N5O10P/c1-34(2)54(35(3)4)65(62-30-14-28-50)64-44-42(63-47(45(44)60-32-31-57-5)53-29-27-43(52-48(53)56)51-46(55)36-15-10-8-11-16-36)33-61-49(37-17-12-9-13-18-37,38-19-23-40(58-6)24-20-38)39-21-25-41(59-7)26-22-39/h8-13,15-27,29,34-35,42,44-45,47H,14,30-33H2,1-7H3,(H,51,52,55,56). The summed E-state index contributed by atoms with van der Waals surface area (Å²) < 4.78 is 54.4. The van der Waals surface area contributed by atoms with Crippen molar-refractivity contribution in [2.45, 2.75) is 76.3 Å². The number of ether oxygens (including phenoxy) is 6. The second-order valence-corrected chi connectivity index (χ2v) is 17.1. The van der Waals surface area contributed by atoms with Crippen LogP contribution in [0.2, 0.25) is 0 Å². The quantitative estimate of drug-likeness (QED) is 0.0380. The summed E-state index contributed by atoms with van der Waals surface area (Å²) in [6.45, 7) is 8.59. The average Bonchev–Trinajstić information content (AvgIpc) is 3.65. The molecule has 0 spiro atoms. The summed E-state index contributed by atoms with van der Waals surface area (Å²) in [4.78, 5) is 31.4. The SMILES string of the molecule is COCCOC1C(OP(OCCC#N)N(C(C)C)C(C)C)C(COC(c2ccccc2)(c2ccc(OC)cc2)c2ccc(OC)cc2)OC1n1ccc(NC(=O)c2ccccc2)nc1=O. The summed E-state index contributed by atoms with van der Waals surface area (Å²) in [5, 5.41) is 12.2. The fourth-order valence-electron chi connectivity index (χ4n) is 7.77. The van der Waals surface area contributed by atoms with Gasteiger partial charge in [0.25, 0.3) is 14.4 Å². The van der Waals surface area contributed by atoms with Crippen molar-refractivity contribution >= 4 is 20.3 Å². The minimum Gasteiger partial charge on any atom is -0.497 e. The lowest BCUT2D eigenvalue weighted by molar-refractivity contribution is -0.0990. The molecule has 6 rings (SSSR count). The van der Waals surface area contributed by atoms with Crippen molar-refractivity contribution in [1.29, 1.82) is 5.26 Å². The third-order valence-corrected chi connectivity index (χ3v) is 12.9. The molecular formula is C49H58N5O10P. The van der Waals surface area contributed by atoms with Crippen molar-refractivity contribution in [3.05, 3.63) is 154 Å². The van der Waals surface area contributed by atoms with E-state index in [0.29, 0.717) is 17.1 Å². The van der Waals surface area contributed by atoms with E-state index in [2.05, 4.69) is 48.7 Å². The third kappa shape index (κ3) is 11.8. The number of hydrogen-bond donors (Lipinski definition) is 1. The first-order valence-electron chi connectivity index (χ1n) is 21.5. The molecule has 4 aromatic carbocycles. The number of rotatable bonds is 23. The number of methoxy groups -OCH3 is 3. The molecule has 0 radical (unpaired) electrons. The molecule has 0 aliphatic carbocycles. The fourth-order valence-corrected chi connectivity index (χ4v) is 9.54. The Balaban J connectivity index is 1.47. The molecule has 1 amide bonds. The largest absolute Gasteiger partial charge is 0.497 e. The van der Waals surface area contributed by atoms with Crippen LogP contribution in [-0.2, 0) is 33.6 Å². The molecule has 1 fully saturated rings. The van der Waals surface area contributed by atoms with E-state index in [0.717, 1.165) is 16.7 Å². The first-order chi connectivity index (χ1) is 31.5. The number of carbonyl (C=O) groups is 1. The molecular weight excluding hydrogens is 850 g/mol. The molecule has 344 valence electrons. The molecule has 0 bridgehead atoms. The van der Waals surface area contributed by atoms with Crippen LogP contribution in [0.3, 0.4) is 0 Å². The summed E-state index contributed by atoms with van der Waals surface area (Å²) in [5.74, 6) is 0.990. The van der Waals surface area contributed by atoms with Gasteiger partial charge in [-0.25, -0.2) is 9.46 Å². The Hall–Kier alpha value is -5.53. The average molecular weight is 908 g/mol. The molecule has 15 nitrogen and oxygen atoms in total. The van der Waals surface area contributed by atoms with Gasteiger partial charge in [0.05, 0.1) is 53.1 Å². The van der Waals surface area contributed by atoms with Gasteiger partial charge in [0.2, 0.25) is 0 Å². The van der Waals surface area contributed by atoms with Gasteiger partial charge in [0.1, 0.15) is 41.2 Å². The van der Waals surface area contributed by atoms with Crippen molar-refractivity contribution in [3.63, 3.8) is 0 Å². The molecule has 5 atom stereocenters. The molecule has 5 aromatic rings. The van der Waals surface area contributed by atoms with Crippen LogP contribution in [-0.4, -0.2) is 98.3 Å². The molecule has 65 heavy (non-hydrogen) atoms. The lowest BCUT2D eigenvalue weighted by Crippen LogP contribution is -2.43. The molecule has 5 unspecified atom stereocenters. The zero-order valence-electron chi connectivity index (χ0n) is 37.9. The number of aromatic nitrogens is 2. The number of nitrogens with zero attached hydrogens (tertiary/aromatic N) is 4. The molecule has 16 heteroatoms. The number of hydrogen-bond acceptors (Lipinski definition) is 13. The smallest absolute Gasteiger partial charge is 0.351 e. The molecule has 2 heterocycles. The number of carbonyl (C=O) groups excluding carboxylic acids is 1. The molecule has 1 N–H and O–H groups in total. The van der Waals surface area contributed by atoms with Gasteiger partial charge in [-0.3, -0.25) is 9.36 Å². The second-order valence-electron chi connectivity index (χ2n) is 15.6. The Morgan fingerprint density at radius 3 is 1.94 bits per heavy atom. The van der Waals surface area contributed by atoms with E-state index >= 15 is 0 Å². The van der Waals surface area contributed by atoms with Crippen molar-refractivity contribution in [1.82, 2.24) is 14.2 Å². The molecule has 1 saturated heterocycles. The van der Waals surface area contributed by atoms with Crippen LogP contribution < -0.4 is 20.5 Å². The van der Waals surface area contributed by atoms with E-state index in [9.17, 15) is 14.9 Å². The molecule has 1 aromatic heterocycles. The van der Waals surface area contributed by atoms with E-state index in [4.69, 9.17) is 37.5 Å². The Morgan fingerprint density at radius 1 is 0.815 bits per heavy atom. The Bertz CT molecular complexity index is 2290. The number of amides is 1. The predicted octanol–water partition coefficient (Wildman–Crippen LogP) is 8.11. The van der Waals surface area contributed by atoms with Gasteiger partial charge in [0, 0.05) is 31.0 Å². The summed E-state index contributed by atoms with van der Waals surface area (Å²) >= 11 is 0. The van der Waals surface area contributed by atoms with Gasteiger partial charge >= 0.3 is 5.69 Å². The number of nitrogens with one attached hydrogen (secondary N) is 1. The highest BCUT2D eigenvalue weighted by atomic mass is 31.2. The predicted molar refractivity (Wildman–Crippen MR) is 247 cm³/mol. The zero-order valence-corrected chi connectivity index (χ0v) is 38.8. The lowest BCUT2D eigenvalue weighted by atomic mass is 9.80. The Morgan fingerprint density at radius 2 is 1.40 bits per heavy atom. The summed E-state index contributed by atoms with van der Waals surface area (Å²) in [7, 11) is 2.95. The van der Waals surface area contributed by atoms with Gasteiger partial charge in [-0.2, -0.15) is 10.2 Å². The Kier molecular flexibility index (Phi) is 17.8. The summed E-state index contributed by atoms with van der Waals surface area (Å²) in [6.07, 6.45) is -2.20. The maximum absolute atomic E-state index is 14.1. The topological polar surface area (TPSA) is 165 Å². The summed E-state index contributed by atoms with van der Waals surface area (Å²) in [5.41, 5.74) is 0.914. The lowest BCUT2D eigenvalue weighted by Gasteiger charge is -2.39. The highest BCUT2D eigenvalue weighted by molar-refractivity contribution is 7.44. The van der Waals surface area contributed by atoms with Crippen LogP contribution >= 0.6 is 8.53 Å². The van der Waals surface area contributed by atoms with Gasteiger partial charge in [-0.1, -0.05) is 72.8 Å². The molecule has 0 saturated carbocycles. The minimum atomic E-state index is -1.85. The maximum atomic E-state index is 14.1. The number of benzene rings is 4. The van der Waals surface area contributed by atoms with Gasteiger partial charge in [-0.15, -0.1) is 0 Å². The van der Waals surface area contributed by atoms with E-state index in [-0.39, 0.29) is 50.7 Å². The van der Waals surface area contributed by atoms with Crippen LogP contribution in [0.25, 0.3) is 0 Å². The van der Waals surface area contributed by atoms with E-state index < -0.39 is 50.3 Å². The molecule has 1 aliphatic heterocycles. The van der Waals surface area contributed by atoms with Crippen molar-refractivity contribution < 1.29 is 42.3 Å². The number of nitriles is 1. The van der Waals surface area contributed by atoms with Gasteiger partial charge in [-0.05, 0) is 86.8 Å². The van der Waals surface area contributed by atoms with Crippen molar-refractivity contribution in [2.24, 2.45) is 0 Å². The van der Waals surface area contributed by atoms with E-state index in [1.54, 1.807) is 45.6 Å². The van der Waals surface area contributed by atoms with Crippen LogP contribution in [0, 0.1) is 11.3 Å². The maximum Gasteiger partial charge on any atom is 0.351 e. The normalized spacial score (nSPS) is 17.9. The summed E-state index contributed by atoms with van der Waals surface area (Å²) in [6, 6.07) is 37.6. The third-order valence-electron chi connectivity index (χ3n) is 10.8. The van der Waals surface area contributed by atoms with E-state index in [1.807, 2.05) is 84.9 Å². The minimum absolute atomic E-state index is 0.0230. The first-order valence-corrected chi connectivity index (χ1v) is 22.6. The zero-order chi connectivity index (χ0) is 46.3. The second kappa shape index (κ2) is 23.6. The van der Waals surface area contributed by atoms with Crippen molar-refractivity contribution in [2.75, 3.05) is 53.1 Å². The van der Waals surface area contributed by atoms with Crippen LogP contribution in [0.15, 0.2) is 126 Å². The van der Waals surface area contributed by atoms with Crippen LogP contribution in [0.1, 0.15) is 67.4 Å².